The van der Waals surface area contributed by atoms with Gasteiger partial charge in [0.1, 0.15) is 11.0 Å². The third-order valence-corrected chi connectivity index (χ3v) is 9.07. The lowest BCUT2D eigenvalue weighted by molar-refractivity contribution is 0.189. The number of ether oxygens (including phenoxy) is 4. The molecule has 3 aromatic heterocycles. The maximum absolute atomic E-state index is 5.46. The Morgan fingerprint density at radius 2 is 1.04 bits per heavy atom. The van der Waals surface area contributed by atoms with Gasteiger partial charge in [0.2, 0.25) is 11.9 Å². The molecule has 0 N–H and O–H groups in total. The van der Waals surface area contributed by atoms with Crippen molar-refractivity contribution in [3.8, 4) is 0 Å². The molecule has 0 spiro atoms. The molecule has 0 aliphatic carbocycles. The molecule has 0 radical (unpaired) electrons. The average molecular weight is 645 g/mol. The van der Waals surface area contributed by atoms with Crippen LogP contribution in [0.3, 0.4) is 0 Å². The van der Waals surface area contributed by atoms with Gasteiger partial charge in [-0.2, -0.15) is 9.97 Å². The molecule has 0 bridgehead atoms. The first kappa shape index (κ1) is 33.3. The Labute approximate surface area is 270 Å². The zero-order valence-corrected chi connectivity index (χ0v) is 28.0. The largest absolute Gasteiger partial charge is 0.383 e. The Morgan fingerprint density at radius 1 is 0.600 bits per heavy atom. The fourth-order valence-corrected chi connectivity index (χ4v) is 6.40. The molecular weight excluding hydrogens is 596 g/mol. The first-order chi connectivity index (χ1) is 22.2. The van der Waals surface area contributed by atoms with E-state index >= 15 is 0 Å². The average Bonchev–Trinajstić information content (AvgIpc) is 3.63. The molecule has 0 aromatic carbocycles. The molecule has 0 atom stereocenters. The maximum Gasteiger partial charge on any atom is 0.228 e. The van der Waals surface area contributed by atoms with Crippen LogP contribution in [-0.4, -0.2) is 145 Å². The van der Waals surface area contributed by atoms with E-state index in [2.05, 4.69) is 29.5 Å². The molecule has 15 heteroatoms. The van der Waals surface area contributed by atoms with Crippen molar-refractivity contribution in [2.75, 3.05) is 145 Å². The molecule has 2 fully saturated rings. The number of aromatic nitrogens is 5. The van der Waals surface area contributed by atoms with E-state index in [1.807, 2.05) is 11.6 Å². The fraction of sp³-hybridized carbons (Fsp3) is 0.700. The molecule has 3 aromatic rings. The summed E-state index contributed by atoms with van der Waals surface area (Å²) in [6.45, 7) is 9.91. The van der Waals surface area contributed by atoms with Crippen molar-refractivity contribution in [1.82, 2.24) is 24.9 Å². The van der Waals surface area contributed by atoms with Gasteiger partial charge in [-0.25, -0.2) is 15.0 Å². The van der Waals surface area contributed by atoms with Gasteiger partial charge in [-0.05, 0) is 19.3 Å². The van der Waals surface area contributed by atoms with Crippen LogP contribution in [0.5, 0.6) is 0 Å². The SMILES string of the molecule is COCCN(CCOC)c1nc(N2CCN(c3nccs3)CC2)c2nc(N(CCOC)CCOC)nc(N3CCCCC3)c2n1. The Kier molecular flexibility index (Phi) is 12.6. The Balaban J connectivity index is 1.64. The van der Waals surface area contributed by atoms with Crippen molar-refractivity contribution in [1.29, 1.82) is 0 Å². The summed E-state index contributed by atoms with van der Waals surface area (Å²) in [6, 6.07) is 0. The highest BCUT2D eigenvalue weighted by atomic mass is 32.1. The van der Waals surface area contributed by atoms with E-state index in [9.17, 15) is 0 Å². The summed E-state index contributed by atoms with van der Waals surface area (Å²) in [5.41, 5.74) is 1.55. The van der Waals surface area contributed by atoms with Gasteiger partial charge in [0.25, 0.3) is 0 Å². The van der Waals surface area contributed by atoms with Gasteiger partial charge in [0.15, 0.2) is 16.8 Å². The quantitative estimate of drug-likeness (QED) is 0.214. The number of anilines is 5. The lowest BCUT2D eigenvalue weighted by Crippen LogP contribution is -2.47. The maximum atomic E-state index is 5.46. The minimum atomic E-state index is 0.551. The number of hydrogen-bond donors (Lipinski definition) is 0. The molecule has 2 saturated heterocycles. The molecule has 0 amide bonds. The monoisotopic (exact) mass is 644 g/mol. The van der Waals surface area contributed by atoms with E-state index in [-0.39, 0.29) is 0 Å². The zero-order chi connectivity index (χ0) is 31.4. The van der Waals surface area contributed by atoms with Crippen LogP contribution in [0.4, 0.5) is 28.7 Å². The molecule has 5 heterocycles. The predicted molar refractivity (Wildman–Crippen MR) is 180 cm³/mol. The lowest BCUT2D eigenvalue weighted by Gasteiger charge is -2.36. The molecule has 0 unspecified atom stereocenters. The number of hydrogen-bond acceptors (Lipinski definition) is 15. The fourth-order valence-electron chi connectivity index (χ4n) is 5.70. The van der Waals surface area contributed by atoms with E-state index in [1.165, 1.54) is 6.42 Å². The number of nitrogens with zero attached hydrogens (tertiary/aromatic N) is 10. The second-order valence-electron chi connectivity index (χ2n) is 11.2. The third kappa shape index (κ3) is 8.38. The zero-order valence-electron chi connectivity index (χ0n) is 27.2. The molecular formula is C30H48N10O4S. The summed E-state index contributed by atoms with van der Waals surface area (Å²) in [4.78, 5) is 36.8. The summed E-state index contributed by atoms with van der Waals surface area (Å²) < 4.78 is 21.8. The van der Waals surface area contributed by atoms with E-state index < -0.39 is 0 Å². The molecule has 2 aliphatic heterocycles. The highest BCUT2D eigenvalue weighted by Gasteiger charge is 2.28. The Morgan fingerprint density at radius 3 is 1.47 bits per heavy atom. The molecule has 0 saturated carbocycles. The van der Waals surface area contributed by atoms with Crippen LogP contribution in [0, 0.1) is 0 Å². The van der Waals surface area contributed by atoms with Crippen molar-refractivity contribution >= 4 is 51.0 Å². The predicted octanol–water partition coefficient (Wildman–Crippen LogP) is 2.39. The van der Waals surface area contributed by atoms with E-state index in [0.29, 0.717) is 64.5 Å². The molecule has 2 aliphatic rings. The van der Waals surface area contributed by atoms with Gasteiger partial charge in [0, 0.05) is 105 Å². The van der Waals surface area contributed by atoms with Gasteiger partial charge in [0.05, 0.1) is 26.4 Å². The summed E-state index contributed by atoms with van der Waals surface area (Å²) in [5.74, 6) is 2.97. The minimum Gasteiger partial charge on any atom is -0.383 e. The van der Waals surface area contributed by atoms with Crippen molar-refractivity contribution in [2.24, 2.45) is 0 Å². The smallest absolute Gasteiger partial charge is 0.228 e. The number of rotatable bonds is 17. The van der Waals surface area contributed by atoms with Crippen molar-refractivity contribution in [2.45, 2.75) is 19.3 Å². The van der Waals surface area contributed by atoms with Gasteiger partial charge in [-0.3, -0.25) is 0 Å². The number of piperazine rings is 1. The number of fused-ring (bicyclic) bond motifs is 1. The van der Waals surface area contributed by atoms with E-state index in [4.69, 9.17) is 38.9 Å². The topological polar surface area (TPSA) is 118 Å². The lowest BCUT2D eigenvalue weighted by atomic mass is 10.1. The van der Waals surface area contributed by atoms with Gasteiger partial charge in [-0.1, -0.05) is 0 Å². The molecule has 14 nitrogen and oxygen atoms in total. The Hall–Kier alpha value is -3.11. The highest BCUT2D eigenvalue weighted by Crippen LogP contribution is 2.34. The highest BCUT2D eigenvalue weighted by molar-refractivity contribution is 7.13. The van der Waals surface area contributed by atoms with E-state index in [0.717, 1.165) is 79.9 Å². The van der Waals surface area contributed by atoms with Gasteiger partial charge >= 0.3 is 0 Å². The minimum absolute atomic E-state index is 0.551. The van der Waals surface area contributed by atoms with E-state index in [1.54, 1.807) is 39.8 Å². The normalized spacial score (nSPS) is 15.7. The molecule has 5 rings (SSSR count). The first-order valence-corrected chi connectivity index (χ1v) is 16.7. The standard InChI is InChI=1S/C30H48N10O4S/c1-41-19-15-38(16-20-42-2)28-33-25-24(26(34-28)36-9-6-5-7-10-36)32-29(39(17-21-43-3)18-22-44-4)35-27(25)37-11-13-40(14-12-37)30-31-8-23-45-30/h8,23H,5-7,9-22H2,1-4H3. The summed E-state index contributed by atoms with van der Waals surface area (Å²) >= 11 is 1.67. The summed E-state index contributed by atoms with van der Waals surface area (Å²) in [5, 5.41) is 3.08. The second kappa shape index (κ2) is 17.0. The summed E-state index contributed by atoms with van der Waals surface area (Å²) in [7, 11) is 6.86. The van der Waals surface area contributed by atoms with Crippen LogP contribution in [-0.2, 0) is 18.9 Å². The molecule has 45 heavy (non-hydrogen) atoms. The third-order valence-electron chi connectivity index (χ3n) is 8.23. The van der Waals surface area contributed by atoms with Crippen molar-refractivity contribution in [3.05, 3.63) is 11.6 Å². The van der Waals surface area contributed by atoms with Gasteiger partial charge in [-0.15, -0.1) is 11.3 Å². The molecule has 248 valence electrons. The van der Waals surface area contributed by atoms with Crippen molar-refractivity contribution in [3.63, 3.8) is 0 Å². The van der Waals surface area contributed by atoms with Crippen LogP contribution >= 0.6 is 11.3 Å². The van der Waals surface area contributed by atoms with Crippen molar-refractivity contribution < 1.29 is 18.9 Å². The van der Waals surface area contributed by atoms with Crippen LogP contribution in [0.25, 0.3) is 11.0 Å². The van der Waals surface area contributed by atoms with Crippen LogP contribution in [0.15, 0.2) is 11.6 Å². The number of piperidine rings is 1. The van der Waals surface area contributed by atoms with Gasteiger partial charge < -0.3 is 43.4 Å². The number of thiazole rings is 1. The summed E-state index contributed by atoms with van der Waals surface area (Å²) in [6.07, 6.45) is 5.33. The first-order valence-electron chi connectivity index (χ1n) is 15.9. The van der Waals surface area contributed by atoms with Crippen LogP contribution in [0.1, 0.15) is 19.3 Å². The van der Waals surface area contributed by atoms with Crippen LogP contribution < -0.4 is 24.5 Å². The van der Waals surface area contributed by atoms with Crippen LogP contribution in [0.2, 0.25) is 0 Å². The number of methoxy groups -OCH3 is 4. The second-order valence-corrected chi connectivity index (χ2v) is 12.0. The Bertz CT molecular complexity index is 1290.